The molecule has 1 unspecified atom stereocenters. The van der Waals surface area contributed by atoms with E-state index in [-0.39, 0.29) is 11.2 Å². The lowest BCUT2D eigenvalue weighted by Crippen LogP contribution is -2.29. The first-order chi connectivity index (χ1) is 18.3. The lowest BCUT2D eigenvalue weighted by Gasteiger charge is -2.23. The maximum atomic E-state index is 13.9. The van der Waals surface area contributed by atoms with Crippen LogP contribution in [-0.4, -0.2) is 29.3 Å². The number of anilines is 1. The van der Waals surface area contributed by atoms with Gasteiger partial charge in [0.2, 0.25) is 10.9 Å². The van der Waals surface area contributed by atoms with E-state index in [0.29, 0.717) is 57.9 Å². The zero-order valence-electron chi connectivity index (χ0n) is 22.2. The standard InChI is InChI=1S/C29H31N3O5S/c1-6-12-36-21-11-9-18(15-22(21)35-7-2)25-24-26(33)19-14-17(5)8-10-20(19)37-27(24)28(34)32(25)29-31-30-23(38-29)13-16(3)4/h8-11,14-16,25H,6-7,12-13H2,1-5H3. The van der Waals surface area contributed by atoms with Gasteiger partial charge in [-0.15, -0.1) is 10.2 Å². The zero-order chi connectivity index (χ0) is 27.0. The maximum absolute atomic E-state index is 13.9. The van der Waals surface area contributed by atoms with Crippen LogP contribution in [0.4, 0.5) is 5.13 Å². The molecule has 0 spiro atoms. The van der Waals surface area contributed by atoms with Crippen LogP contribution in [0.1, 0.15) is 72.4 Å². The Morgan fingerprint density at radius 3 is 2.61 bits per heavy atom. The molecule has 1 atom stereocenters. The molecule has 198 valence electrons. The number of aryl methyl sites for hydroxylation is 1. The summed E-state index contributed by atoms with van der Waals surface area (Å²) in [6.07, 6.45) is 1.60. The van der Waals surface area contributed by atoms with Gasteiger partial charge in [0.15, 0.2) is 16.9 Å². The first-order valence-electron chi connectivity index (χ1n) is 12.9. The predicted molar refractivity (Wildman–Crippen MR) is 148 cm³/mol. The largest absolute Gasteiger partial charge is 0.490 e. The molecule has 2 aromatic heterocycles. The molecule has 0 saturated carbocycles. The summed E-state index contributed by atoms with van der Waals surface area (Å²) < 4.78 is 17.9. The van der Waals surface area contributed by atoms with E-state index in [1.54, 1.807) is 12.1 Å². The molecular weight excluding hydrogens is 502 g/mol. The Hall–Kier alpha value is -3.72. The minimum absolute atomic E-state index is 0.0289. The van der Waals surface area contributed by atoms with Crippen molar-refractivity contribution in [2.45, 2.75) is 53.5 Å². The number of rotatable bonds is 9. The fourth-order valence-electron chi connectivity index (χ4n) is 4.67. The summed E-state index contributed by atoms with van der Waals surface area (Å²) in [6.45, 7) is 11.1. The molecule has 2 aromatic carbocycles. The summed E-state index contributed by atoms with van der Waals surface area (Å²) in [5.41, 5.74) is 2.06. The molecule has 38 heavy (non-hydrogen) atoms. The lowest BCUT2D eigenvalue weighted by molar-refractivity contribution is 0.0970. The van der Waals surface area contributed by atoms with Crippen molar-refractivity contribution in [3.8, 4) is 11.5 Å². The minimum Gasteiger partial charge on any atom is -0.490 e. The van der Waals surface area contributed by atoms with Crippen molar-refractivity contribution in [1.82, 2.24) is 10.2 Å². The fourth-order valence-corrected chi connectivity index (χ4v) is 5.74. The molecule has 1 aliphatic heterocycles. The zero-order valence-corrected chi connectivity index (χ0v) is 23.1. The number of hydrogen-bond acceptors (Lipinski definition) is 8. The molecule has 1 aliphatic rings. The Morgan fingerprint density at radius 2 is 1.87 bits per heavy atom. The Bertz CT molecular complexity index is 1560. The van der Waals surface area contributed by atoms with Crippen LogP contribution in [0.2, 0.25) is 0 Å². The van der Waals surface area contributed by atoms with Crippen LogP contribution in [0.3, 0.4) is 0 Å². The highest BCUT2D eigenvalue weighted by molar-refractivity contribution is 7.15. The Balaban J connectivity index is 1.71. The number of aromatic nitrogens is 2. The predicted octanol–water partition coefficient (Wildman–Crippen LogP) is 6.09. The van der Waals surface area contributed by atoms with Gasteiger partial charge in [-0.05, 0) is 56.0 Å². The van der Waals surface area contributed by atoms with Crippen molar-refractivity contribution in [2.75, 3.05) is 18.1 Å². The minimum atomic E-state index is -0.752. The van der Waals surface area contributed by atoms with Crippen LogP contribution in [-0.2, 0) is 6.42 Å². The number of hydrogen-bond donors (Lipinski definition) is 0. The molecule has 1 amide bonds. The van der Waals surface area contributed by atoms with E-state index < -0.39 is 11.9 Å². The molecule has 0 radical (unpaired) electrons. The lowest BCUT2D eigenvalue weighted by atomic mass is 9.98. The average molecular weight is 534 g/mol. The SMILES string of the molecule is CCCOc1ccc(C2c3c(oc4ccc(C)cc4c3=O)C(=O)N2c2nnc(CC(C)C)s2)cc1OCC. The van der Waals surface area contributed by atoms with Gasteiger partial charge in [-0.1, -0.05) is 49.8 Å². The van der Waals surface area contributed by atoms with Gasteiger partial charge in [0.25, 0.3) is 5.91 Å². The third kappa shape index (κ3) is 4.67. The molecule has 8 nitrogen and oxygen atoms in total. The molecule has 3 heterocycles. The van der Waals surface area contributed by atoms with Crippen molar-refractivity contribution >= 4 is 33.3 Å². The molecule has 5 rings (SSSR count). The monoisotopic (exact) mass is 533 g/mol. The van der Waals surface area contributed by atoms with Crippen molar-refractivity contribution in [2.24, 2.45) is 5.92 Å². The van der Waals surface area contributed by atoms with Gasteiger partial charge < -0.3 is 13.9 Å². The molecular formula is C29H31N3O5S. The number of carbonyl (C=O) groups is 1. The first kappa shape index (κ1) is 25.9. The summed E-state index contributed by atoms with van der Waals surface area (Å²) in [6, 6.07) is 10.2. The van der Waals surface area contributed by atoms with E-state index in [1.807, 2.05) is 45.0 Å². The molecule has 0 saturated heterocycles. The van der Waals surface area contributed by atoms with Crippen molar-refractivity contribution in [3.05, 3.63) is 74.1 Å². The molecule has 0 bridgehead atoms. The third-order valence-electron chi connectivity index (χ3n) is 6.32. The summed E-state index contributed by atoms with van der Waals surface area (Å²) in [4.78, 5) is 29.3. The fraction of sp³-hybridized carbons (Fsp3) is 0.379. The second kappa shape index (κ2) is 10.6. The number of ether oxygens (including phenoxy) is 2. The highest BCUT2D eigenvalue weighted by Gasteiger charge is 2.45. The van der Waals surface area contributed by atoms with Crippen molar-refractivity contribution in [1.29, 1.82) is 0 Å². The van der Waals surface area contributed by atoms with Gasteiger partial charge in [-0.3, -0.25) is 14.5 Å². The van der Waals surface area contributed by atoms with Crippen LogP contribution in [0.5, 0.6) is 11.5 Å². The number of carbonyl (C=O) groups excluding carboxylic acids is 1. The highest BCUT2D eigenvalue weighted by atomic mass is 32.1. The van der Waals surface area contributed by atoms with E-state index in [9.17, 15) is 9.59 Å². The summed E-state index contributed by atoms with van der Waals surface area (Å²) >= 11 is 1.36. The van der Waals surface area contributed by atoms with Crippen LogP contribution in [0.15, 0.2) is 45.6 Å². The molecule has 0 N–H and O–H groups in total. The quantitative estimate of drug-likeness (QED) is 0.257. The van der Waals surface area contributed by atoms with E-state index >= 15 is 0 Å². The van der Waals surface area contributed by atoms with Crippen molar-refractivity contribution < 1.29 is 18.7 Å². The van der Waals surface area contributed by atoms with Crippen LogP contribution < -0.4 is 19.8 Å². The van der Waals surface area contributed by atoms with Crippen LogP contribution >= 0.6 is 11.3 Å². The van der Waals surface area contributed by atoms with Gasteiger partial charge >= 0.3 is 0 Å². The molecule has 0 aliphatic carbocycles. The molecule has 9 heteroatoms. The number of fused-ring (bicyclic) bond motifs is 2. The Morgan fingerprint density at radius 1 is 1.05 bits per heavy atom. The van der Waals surface area contributed by atoms with Gasteiger partial charge in [0, 0.05) is 6.42 Å². The first-order valence-corrected chi connectivity index (χ1v) is 13.8. The number of nitrogens with zero attached hydrogens (tertiary/aromatic N) is 3. The highest BCUT2D eigenvalue weighted by Crippen LogP contribution is 2.44. The maximum Gasteiger partial charge on any atom is 0.297 e. The second-order valence-corrected chi connectivity index (χ2v) is 10.9. The van der Waals surface area contributed by atoms with Gasteiger partial charge in [0.1, 0.15) is 10.6 Å². The molecule has 4 aromatic rings. The van der Waals surface area contributed by atoms with Crippen LogP contribution in [0, 0.1) is 12.8 Å². The summed E-state index contributed by atoms with van der Waals surface area (Å²) in [5, 5.41) is 10.4. The number of amides is 1. The number of benzene rings is 2. The van der Waals surface area contributed by atoms with Crippen LogP contribution in [0.25, 0.3) is 11.0 Å². The van der Waals surface area contributed by atoms with Gasteiger partial charge in [-0.2, -0.15) is 0 Å². The van der Waals surface area contributed by atoms with E-state index in [0.717, 1.165) is 23.4 Å². The second-order valence-electron chi connectivity index (χ2n) is 9.82. The van der Waals surface area contributed by atoms with E-state index in [2.05, 4.69) is 24.0 Å². The Labute approximate surface area is 225 Å². The third-order valence-corrected chi connectivity index (χ3v) is 7.26. The normalized spacial score (nSPS) is 14.9. The Kier molecular flexibility index (Phi) is 7.21. The van der Waals surface area contributed by atoms with E-state index in [4.69, 9.17) is 13.9 Å². The summed E-state index contributed by atoms with van der Waals surface area (Å²) in [7, 11) is 0. The smallest absolute Gasteiger partial charge is 0.297 e. The van der Waals surface area contributed by atoms with E-state index in [1.165, 1.54) is 16.2 Å². The van der Waals surface area contributed by atoms with Gasteiger partial charge in [-0.25, -0.2) is 0 Å². The molecule has 0 fully saturated rings. The van der Waals surface area contributed by atoms with Gasteiger partial charge in [0.05, 0.1) is 30.2 Å². The summed E-state index contributed by atoms with van der Waals surface area (Å²) in [5.74, 6) is 1.17. The average Bonchev–Trinajstić information content (AvgIpc) is 3.45. The van der Waals surface area contributed by atoms with Crippen molar-refractivity contribution in [3.63, 3.8) is 0 Å². The topological polar surface area (TPSA) is 94.8 Å².